The smallest absolute Gasteiger partial charge is 0.303 e. The van der Waals surface area contributed by atoms with Gasteiger partial charge in [-0.15, -0.1) is 0 Å². The third kappa shape index (κ3) is 4.22. The van der Waals surface area contributed by atoms with E-state index in [1.165, 1.54) is 32.6 Å². The Hall–Kier alpha value is -2.17. The third-order valence-corrected chi connectivity index (χ3v) is 4.05. The van der Waals surface area contributed by atoms with Crippen molar-refractivity contribution in [3.8, 4) is 5.75 Å². The molecule has 0 bridgehead atoms. The van der Waals surface area contributed by atoms with Crippen LogP contribution in [0.3, 0.4) is 0 Å². The van der Waals surface area contributed by atoms with Crippen molar-refractivity contribution in [1.82, 2.24) is 0 Å². The van der Waals surface area contributed by atoms with Crippen molar-refractivity contribution in [1.29, 1.82) is 0 Å². The number of hydrogen-bond donors (Lipinski definition) is 0. The van der Waals surface area contributed by atoms with Gasteiger partial charge in [-0.2, -0.15) is 0 Å². The molecule has 1 aliphatic rings. The number of benzene rings is 1. The summed E-state index contributed by atoms with van der Waals surface area (Å²) in [4.78, 5) is 35.7. The van der Waals surface area contributed by atoms with E-state index < -0.39 is 23.6 Å². The number of ketones is 2. The Morgan fingerprint density at radius 1 is 1.04 bits per heavy atom. The summed E-state index contributed by atoms with van der Waals surface area (Å²) >= 11 is 0. The van der Waals surface area contributed by atoms with E-state index in [1.807, 2.05) is 0 Å². The zero-order chi connectivity index (χ0) is 17.5. The van der Waals surface area contributed by atoms with Crippen LogP contribution < -0.4 is 4.74 Å². The highest BCUT2D eigenvalue weighted by atomic mass is 16.5. The van der Waals surface area contributed by atoms with Crippen molar-refractivity contribution in [2.45, 2.75) is 58.5 Å². The highest BCUT2D eigenvalue weighted by Crippen LogP contribution is 2.32. The number of carbonyl (C=O) groups excluding carboxylic acids is 3. The molecule has 130 valence electrons. The van der Waals surface area contributed by atoms with E-state index in [9.17, 15) is 14.4 Å². The van der Waals surface area contributed by atoms with Crippen molar-refractivity contribution in [3.63, 3.8) is 0 Å². The molecule has 0 N–H and O–H groups in total. The van der Waals surface area contributed by atoms with Crippen LogP contribution in [0, 0.1) is 0 Å². The van der Waals surface area contributed by atoms with Crippen LogP contribution in [0.5, 0.6) is 5.75 Å². The van der Waals surface area contributed by atoms with E-state index in [4.69, 9.17) is 9.47 Å². The van der Waals surface area contributed by atoms with Crippen LogP contribution in [0.25, 0.3) is 0 Å². The first kappa shape index (κ1) is 18.2. The topological polar surface area (TPSA) is 69.7 Å². The lowest BCUT2D eigenvalue weighted by atomic mass is 10.1. The van der Waals surface area contributed by atoms with Gasteiger partial charge in [0, 0.05) is 12.5 Å². The number of unbranched alkanes of at least 4 members (excludes halogenated alkanes) is 5. The zero-order valence-corrected chi connectivity index (χ0v) is 14.3. The van der Waals surface area contributed by atoms with E-state index in [-0.39, 0.29) is 11.1 Å². The number of ether oxygens (including phenoxy) is 2. The summed E-state index contributed by atoms with van der Waals surface area (Å²) < 4.78 is 10.6. The van der Waals surface area contributed by atoms with Crippen molar-refractivity contribution < 1.29 is 23.9 Å². The first-order chi connectivity index (χ1) is 11.6. The minimum Gasteiger partial charge on any atom is -0.493 e. The molecule has 1 unspecified atom stereocenters. The molecule has 0 aromatic heterocycles. The number of hydrogen-bond acceptors (Lipinski definition) is 5. The average Bonchev–Trinajstić information content (AvgIpc) is 2.79. The predicted octanol–water partition coefficient (Wildman–Crippen LogP) is 3.74. The number of esters is 1. The van der Waals surface area contributed by atoms with Crippen LogP contribution in [0.2, 0.25) is 0 Å². The SMILES string of the molecule is CCCCCCCCOc1cccc2c1C(=O)C(OC(C)=O)C2=O. The maximum absolute atomic E-state index is 12.4. The van der Waals surface area contributed by atoms with Gasteiger partial charge in [0.1, 0.15) is 5.75 Å². The van der Waals surface area contributed by atoms with Crippen molar-refractivity contribution in [3.05, 3.63) is 29.3 Å². The highest BCUT2D eigenvalue weighted by molar-refractivity contribution is 6.30. The zero-order valence-electron chi connectivity index (χ0n) is 14.3. The second-order valence-electron chi connectivity index (χ2n) is 6.01. The summed E-state index contributed by atoms with van der Waals surface area (Å²) in [6.07, 6.45) is 5.50. The normalized spacial score (nSPS) is 16.2. The van der Waals surface area contributed by atoms with Gasteiger partial charge >= 0.3 is 5.97 Å². The van der Waals surface area contributed by atoms with Crippen molar-refractivity contribution in [2.24, 2.45) is 0 Å². The molecule has 0 heterocycles. The van der Waals surface area contributed by atoms with Gasteiger partial charge < -0.3 is 9.47 Å². The molecule has 1 aliphatic carbocycles. The summed E-state index contributed by atoms with van der Waals surface area (Å²) in [5, 5.41) is 0. The molecule has 1 atom stereocenters. The van der Waals surface area contributed by atoms with Gasteiger partial charge in [0.2, 0.25) is 17.7 Å². The summed E-state index contributed by atoms with van der Waals surface area (Å²) in [6, 6.07) is 4.92. The van der Waals surface area contributed by atoms with Crippen LogP contribution in [0.15, 0.2) is 18.2 Å². The molecule has 24 heavy (non-hydrogen) atoms. The first-order valence-corrected chi connectivity index (χ1v) is 8.57. The van der Waals surface area contributed by atoms with Crippen LogP contribution in [-0.2, 0) is 9.53 Å². The number of fused-ring (bicyclic) bond motifs is 1. The van der Waals surface area contributed by atoms with Gasteiger partial charge in [0.05, 0.1) is 12.2 Å². The minimum absolute atomic E-state index is 0.236. The number of carbonyl (C=O) groups is 3. The number of rotatable bonds is 9. The lowest BCUT2D eigenvalue weighted by Gasteiger charge is -2.10. The highest BCUT2D eigenvalue weighted by Gasteiger charge is 2.43. The summed E-state index contributed by atoms with van der Waals surface area (Å²) in [5.74, 6) is -1.22. The van der Waals surface area contributed by atoms with Gasteiger partial charge in [-0.05, 0) is 12.5 Å². The largest absolute Gasteiger partial charge is 0.493 e. The van der Waals surface area contributed by atoms with Gasteiger partial charge in [-0.3, -0.25) is 14.4 Å². The molecule has 0 fully saturated rings. The quantitative estimate of drug-likeness (QED) is 0.391. The summed E-state index contributed by atoms with van der Waals surface area (Å²) in [7, 11) is 0. The molecular formula is C19H24O5. The van der Waals surface area contributed by atoms with Crippen LogP contribution in [-0.4, -0.2) is 30.2 Å². The second kappa shape index (κ2) is 8.62. The number of Topliss-reactive ketones (excluding diaryl/α,β-unsaturated/α-hetero) is 2. The Kier molecular flexibility index (Phi) is 6.53. The van der Waals surface area contributed by atoms with Crippen LogP contribution in [0.1, 0.15) is 73.1 Å². The van der Waals surface area contributed by atoms with Gasteiger partial charge in [0.15, 0.2) is 0 Å². The lowest BCUT2D eigenvalue weighted by molar-refractivity contribution is -0.142. The Labute approximate surface area is 142 Å². The van der Waals surface area contributed by atoms with Crippen molar-refractivity contribution in [2.75, 3.05) is 6.61 Å². The molecule has 0 aliphatic heterocycles. The Morgan fingerprint density at radius 2 is 1.75 bits per heavy atom. The molecule has 0 saturated heterocycles. The molecule has 2 rings (SSSR count). The minimum atomic E-state index is -1.36. The first-order valence-electron chi connectivity index (χ1n) is 8.57. The molecule has 0 radical (unpaired) electrons. The molecule has 1 aromatic rings. The van der Waals surface area contributed by atoms with Gasteiger partial charge in [0.25, 0.3) is 0 Å². The van der Waals surface area contributed by atoms with Crippen LogP contribution >= 0.6 is 0 Å². The fourth-order valence-corrected chi connectivity index (χ4v) is 2.84. The standard InChI is InChI=1S/C19H24O5/c1-3-4-5-6-7-8-12-23-15-11-9-10-14-16(15)18(22)19(17(14)21)24-13(2)20/h9-11,19H,3-8,12H2,1-2H3. The van der Waals surface area contributed by atoms with E-state index in [2.05, 4.69) is 6.92 Å². The van der Waals surface area contributed by atoms with Gasteiger partial charge in [-0.25, -0.2) is 0 Å². The fraction of sp³-hybridized carbons (Fsp3) is 0.526. The predicted molar refractivity (Wildman–Crippen MR) is 89.5 cm³/mol. The molecule has 5 nitrogen and oxygen atoms in total. The molecular weight excluding hydrogens is 308 g/mol. The maximum atomic E-state index is 12.4. The van der Waals surface area contributed by atoms with E-state index in [0.29, 0.717) is 12.4 Å². The Bertz CT molecular complexity index is 620. The average molecular weight is 332 g/mol. The molecule has 0 saturated carbocycles. The van der Waals surface area contributed by atoms with Crippen molar-refractivity contribution >= 4 is 17.5 Å². The monoisotopic (exact) mass is 332 g/mol. The maximum Gasteiger partial charge on any atom is 0.303 e. The lowest BCUT2D eigenvalue weighted by Crippen LogP contribution is -2.27. The molecule has 0 spiro atoms. The fourth-order valence-electron chi connectivity index (χ4n) is 2.84. The summed E-state index contributed by atoms with van der Waals surface area (Å²) in [5.41, 5.74) is 0.506. The summed E-state index contributed by atoms with van der Waals surface area (Å²) in [6.45, 7) is 3.86. The molecule has 1 aromatic carbocycles. The van der Waals surface area contributed by atoms with E-state index in [1.54, 1.807) is 18.2 Å². The Balaban J connectivity index is 1.96. The van der Waals surface area contributed by atoms with E-state index in [0.717, 1.165) is 12.8 Å². The Morgan fingerprint density at radius 3 is 2.46 bits per heavy atom. The molecule has 5 heteroatoms. The second-order valence-corrected chi connectivity index (χ2v) is 6.01. The van der Waals surface area contributed by atoms with Crippen LogP contribution in [0.4, 0.5) is 0 Å². The molecule has 0 amide bonds. The van der Waals surface area contributed by atoms with E-state index >= 15 is 0 Å². The third-order valence-electron chi connectivity index (χ3n) is 4.05. The van der Waals surface area contributed by atoms with Gasteiger partial charge in [-0.1, -0.05) is 51.2 Å².